The first kappa shape index (κ1) is 19.0. The number of hydrogen-bond donors (Lipinski definition) is 0. The predicted octanol–water partition coefficient (Wildman–Crippen LogP) is 4.67. The minimum atomic E-state index is 0.457. The second kappa shape index (κ2) is 7.94. The van der Waals surface area contributed by atoms with Gasteiger partial charge in [0.15, 0.2) is 17.5 Å². The molecule has 0 aliphatic rings. The Morgan fingerprint density at radius 1 is 1.03 bits per heavy atom. The number of furan rings is 1. The smallest absolute Gasteiger partial charge is 0.216 e. The van der Waals surface area contributed by atoms with E-state index in [0.29, 0.717) is 30.1 Å². The van der Waals surface area contributed by atoms with Crippen molar-refractivity contribution >= 4 is 21.9 Å². The Morgan fingerprint density at radius 2 is 1.83 bits per heavy atom. The highest BCUT2D eigenvalue weighted by Gasteiger charge is 2.22. The van der Waals surface area contributed by atoms with Crippen molar-refractivity contribution in [3.05, 3.63) is 59.8 Å². The lowest BCUT2D eigenvalue weighted by atomic mass is 10.0. The molecular weight excluding hydrogens is 364 g/mol. The maximum Gasteiger partial charge on any atom is 0.216 e. The molecule has 2 heterocycles. The van der Waals surface area contributed by atoms with E-state index in [-0.39, 0.29) is 0 Å². The molecule has 0 aliphatic heterocycles. The SMILES string of the molecule is COCCCOc1c(C#N)ccc2c1oc1c(-c3cccc[n+]3C)c(C)ccc12. The Hall–Kier alpha value is -3.36. The summed E-state index contributed by atoms with van der Waals surface area (Å²) in [4.78, 5) is 0. The van der Waals surface area contributed by atoms with Crippen LogP contribution in [0.25, 0.3) is 33.2 Å². The fourth-order valence-electron chi connectivity index (χ4n) is 3.69. The molecule has 0 aliphatic carbocycles. The van der Waals surface area contributed by atoms with Crippen LogP contribution in [-0.4, -0.2) is 20.3 Å². The molecule has 4 aromatic rings. The molecule has 0 amide bonds. The maximum absolute atomic E-state index is 9.57. The van der Waals surface area contributed by atoms with Gasteiger partial charge in [0.2, 0.25) is 5.69 Å². The van der Waals surface area contributed by atoms with E-state index < -0.39 is 0 Å². The van der Waals surface area contributed by atoms with Crippen LogP contribution in [0.5, 0.6) is 5.75 Å². The summed E-state index contributed by atoms with van der Waals surface area (Å²) in [6, 6.07) is 16.2. The lowest BCUT2D eigenvalue weighted by molar-refractivity contribution is -0.660. The topological polar surface area (TPSA) is 59.3 Å². The Kier molecular flexibility index (Phi) is 5.20. The molecule has 146 valence electrons. The fraction of sp³-hybridized carbons (Fsp3) is 0.250. The Balaban J connectivity index is 1.96. The normalized spacial score (nSPS) is 11.1. The molecule has 5 heteroatoms. The number of nitrogens with zero attached hydrogens (tertiary/aromatic N) is 2. The minimum Gasteiger partial charge on any atom is -0.488 e. The summed E-state index contributed by atoms with van der Waals surface area (Å²) < 4.78 is 19.5. The number of nitriles is 1. The van der Waals surface area contributed by atoms with Gasteiger partial charge in [-0.05, 0) is 30.7 Å². The van der Waals surface area contributed by atoms with Crippen LogP contribution in [0, 0.1) is 18.3 Å². The van der Waals surface area contributed by atoms with Crippen LogP contribution in [0.1, 0.15) is 17.5 Å². The maximum atomic E-state index is 9.57. The number of pyridine rings is 1. The number of benzene rings is 2. The minimum absolute atomic E-state index is 0.457. The Bertz CT molecular complexity index is 1230. The Morgan fingerprint density at radius 3 is 2.59 bits per heavy atom. The highest BCUT2D eigenvalue weighted by Crippen LogP contribution is 2.41. The summed E-state index contributed by atoms with van der Waals surface area (Å²) in [6.45, 7) is 3.14. The van der Waals surface area contributed by atoms with E-state index in [0.717, 1.165) is 39.6 Å². The summed E-state index contributed by atoms with van der Waals surface area (Å²) in [5, 5.41) is 11.5. The van der Waals surface area contributed by atoms with Crippen LogP contribution in [0.2, 0.25) is 0 Å². The van der Waals surface area contributed by atoms with Crippen LogP contribution in [0.15, 0.2) is 53.1 Å². The third-order valence-corrected chi connectivity index (χ3v) is 5.14. The van der Waals surface area contributed by atoms with Crippen molar-refractivity contribution in [2.45, 2.75) is 13.3 Å². The van der Waals surface area contributed by atoms with Crippen molar-refractivity contribution in [2.24, 2.45) is 7.05 Å². The zero-order chi connectivity index (χ0) is 20.4. The number of aryl methyl sites for hydroxylation is 2. The van der Waals surface area contributed by atoms with Crippen LogP contribution in [0.4, 0.5) is 0 Å². The quantitative estimate of drug-likeness (QED) is 0.356. The van der Waals surface area contributed by atoms with Gasteiger partial charge in [-0.3, -0.25) is 0 Å². The van der Waals surface area contributed by atoms with Gasteiger partial charge >= 0.3 is 0 Å². The third-order valence-electron chi connectivity index (χ3n) is 5.14. The summed E-state index contributed by atoms with van der Waals surface area (Å²) in [6.07, 6.45) is 2.76. The van der Waals surface area contributed by atoms with E-state index in [1.54, 1.807) is 13.2 Å². The number of aromatic nitrogens is 1. The highest BCUT2D eigenvalue weighted by molar-refractivity contribution is 6.11. The number of methoxy groups -OCH3 is 1. The molecule has 0 saturated carbocycles. The molecule has 29 heavy (non-hydrogen) atoms. The molecule has 0 radical (unpaired) electrons. The van der Waals surface area contributed by atoms with Crippen molar-refractivity contribution in [1.29, 1.82) is 5.26 Å². The molecule has 0 saturated heterocycles. The van der Waals surface area contributed by atoms with E-state index in [4.69, 9.17) is 13.9 Å². The van der Waals surface area contributed by atoms with E-state index in [1.165, 1.54) is 0 Å². The predicted molar refractivity (Wildman–Crippen MR) is 112 cm³/mol. The number of fused-ring (bicyclic) bond motifs is 3. The van der Waals surface area contributed by atoms with Gasteiger partial charge in [0, 0.05) is 43.0 Å². The fourth-order valence-corrected chi connectivity index (χ4v) is 3.69. The Labute approximate surface area is 169 Å². The lowest BCUT2D eigenvalue weighted by Gasteiger charge is -2.08. The van der Waals surface area contributed by atoms with Crippen LogP contribution in [-0.2, 0) is 11.8 Å². The van der Waals surface area contributed by atoms with Crippen molar-refractivity contribution in [2.75, 3.05) is 20.3 Å². The van der Waals surface area contributed by atoms with Gasteiger partial charge in [-0.15, -0.1) is 0 Å². The average Bonchev–Trinajstić information content (AvgIpc) is 3.10. The molecule has 0 N–H and O–H groups in total. The zero-order valence-electron chi connectivity index (χ0n) is 16.9. The monoisotopic (exact) mass is 387 g/mol. The molecule has 4 rings (SSSR count). The molecule has 5 nitrogen and oxygen atoms in total. The molecule has 0 spiro atoms. The van der Waals surface area contributed by atoms with Crippen molar-refractivity contribution < 1.29 is 18.5 Å². The van der Waals surface area contributed by atoms with Crippen molar-refractivity contribution in [3.8, 4) is 23.1 Å². The summed E-state index contributed by atoms with van der Waals surface area (Å²) in [5.74, 6) is 0.498. The zero-order valence-corrected chi connectivity index (χ0v) is 16.9. The van der Waals surface area contributed by atoms with E-state index in [1.807, 2.05) is 31.4 Å². The van der Waals surface area contributed by atoms with Gasteiger partial charge in [-0.1, -0.05) is 12.1 Å². The second-order valence-electron chi connectivity index (χ2n) is 7.06. The first-order valence-corrected chi connectivity index (χ1v) is 9.61. The van der Waals surface area contributed by atoms with Crippen LogP contribution in [0.3, 0.4) is 0 Å². The van der Waals surface area contributed by atoms with Gasteiger partial charge in [0.25, 0.3) is 0 Å². The first-order valence-electron chi connectivity index (χ1n) is 9.61. The van der Waals surface area contributed by atoms with Gasteiger partial charge in [0.05, 0.1) is 17.7 Å². The summed E-state index contributed by atoms with van der Waals surface area (Å²) in [5.41, 5.74) is 5.13. The molecule has 2 aromatic heterocycles. The van der Waals surface area contributed by atoms with Gasteiger partial charge in [-0.25, -0.2) is 4.57 Å². The number of hydrogen-bond acceptors (Lipinski definition) is 4. The average molecular weight is 387 g/mol. The largest absolute Gasteiger partial charge is 0.488 e. The molecule has 0 bridgehead atoms. The van der Waals surface area contributed by atoms with Crippen LogP contribution >= 0.6 is 0 Å². The highest BCUT2D eigenvalue weighted by atomic mass is 16.5. The van der Waals surface area contributed by atoms with Crippen molar-refractivity contribution in [3.63, 3.8) is 0 Å². The third kappa shape index (κ3) is 3.32. The molecule has 0 fully saturated rings. The van der Waals surface area contributed by atoms with E-state index >= 15 is 0 Å². The number of ether oxygens (including phenoxy) is 2. The summed E-state index contributed by atoms with van der Waals surface area (Å²) in [7, 11) is 3.68. The molecule has 2 aromatic carbocycles. The van der Waals surface area contributed by atoms with Gasteiger partial charge in [0.1, 0.15) is 18.7 Å². The van der Waals surface area contributed by atoms with Gasteiger partial charge < -0.3 is 13.9 Å². The first-order chi connectivity index (χ1) is 14.2. The van der Waals surface area contributed by atoms with Gasteiger partial charge in [-0.2, -0.15) is 5.26 Å². The second-order valence-corrected chi connectivity index (χ2v) is 7.06. The number of rotatable bonds is 6. The molecular formula is C24H23N2O3+. The molecule has 0 unspecified atom stereocenters. The van der Waals surface area contributed by atoms with Crippen LogP contribution < -0.4 is 9.30 Å². The van der Waals surface area contributed by atoms with E-state index in [2.05, 4.69) is 35.8 Å². The van der Waals surface area contributed by atoms with E-state index in [9.17, 15) is 5.26 Å². The summed E-state index contributed by atoms with van der Waals surface area (Å²) >= 11 is 0. The molecule has 0 atom stereocenters. The standard InChI is InChI=1S/C24H23N2O3/c1-16-8-10-18-19-11-9-17(15-25)22(28-14-6-13-27-3)24(19)29-23(18)21(16)20-7-4-5-12-26(20)2/h4-5,7-12H,6,13-14H2,1-3H3/q+1. The lowest BCUT2D eigenvalue weighted by Crippen LogP contribution is -2.30. The van der Waals surface area contributed by atoms with Crippen molar-refractivity contribution in [1.82, 2.24) is 0 Å².